The Morgan fingerprint density at radius 3 is 2.50 bits per heavy atom. The Labute approximate surface area is 115 Å². The van der Waals surface area contributed by atoms with Gasteiger partial charge in [-0.3, -0.25) is 0 Å². The number of halogens is 1. The summed E-state index contributed by atoms with van der Waals surface area (Å²) in [6.07, 6.45) is 1.09. The first kappa shape index (κ1) is 15.2. The van der Waals surface area contributed by atoms with E-state index in [0.717, 1.165) is 37.6 Å². The average molecular weight is 271 g/mol. The molecule has 0 spiro atoms. The summed E-state index contributed by atoms with van der Waals surface area (Å²) in [5.74, 6) is 0.962. The predicted molar refractivity (Wildman–Crippen MR) is 78.2 cm³/mol. The van der Waals surface area contributed by atoms with Crippen molar-refractivity contribution in [2.24, 2.45) is 5.73 Å². The minimum absolute atomic E-state index is 0.375. The summed E-state index contributed by atoms with van der Waals surface area (Å²) < 4.78 is 0. The van der Waals surface area contributed by atoms with Gasteiger partial charge in [-0.2, -0.15) is 0 Å². The van der Waals surface area contributed by atoms with Crippen LogP contribution in [0.4, 0.5) is 5.82 Å². The maximum atomic E-state index is 6.04. The maximum absolute atomic E-state index is 6.04. The monoisotopic (exact) mass is 270 g/mol. The number of anilines is 1. The van der Waals surface area contributed by atoms with E-state index >= 15 is 0 Å². The van der Waals surface area contributed by atoms with Gasteiger partial charge >= 0.3 is 0 Å². The summed E-state index contributed by atoms with van der Waals surface area (Å²) in [5.41, 5.74) is 6.41. The summed E-state index contributed by atoms with van der Waals surface area (Å²) in [5, 5.41) is 0.644. The van der Waals surface area contributed by atoms with Crippen molar-refractivity contribution in [3.8, 4) is 0 Å². The molecule has 0 radical (unpaired) electrons. The highest BCUT2D eigenvalue weighted by Crippen LogP contribution is 2.19. The van der Waals surface area contributed by atoms with Gasteiger partial charge in [-0.25, -0.2) is 4.98 Å². The van der Waals surface area contributed by atoms with Crippen molar-refractivity contribution in [3.05, 3.63) is 22.8 Å². The fraction of sp³-hybridized carbons (Fsp3) is 0.615. The average Bonchev–Trinajstić information content (AvgIpc) is 2.35. The SMILES string of the molecule is CCCN(CCN(C)C)c1ccc(Cl)c(CN)n1. The molecule has 1 rings (SSSR count). The molecule has 0 aliphatic carbocycles. The first-order chi connectivity index (χ1) is 8.58. The number of hydrogen-bond acceptors (Lipinski definition) is 4. The van der Waals surface area contributed by atoms with Gasteiger partial charge in [0.15, 0.2) is 0 Å². The van der Waals surface area contributed by atoms with E-state index in [-0.39, 0.29) is 0 Å². The maximum Gasteiger partial charge on any atom is 0.129 e. The third-order valence-corrected chi connectivity index (χ3v) is 3.08. The standard InChI is InChI=1S/C13H23ClN4/c1-4-7-18(9-8-17(2)3)13-6-5-11(14)12(10-15)16-13/h5-6H,4,7-10,15H2,1-3H3. The second kappa shape index (κ2) is 7.56. The van der Waals surface area contributed by atoms with Crippen molar-refractivity contribution in [3.63, 3.8) is 0 Å². The summed E-state index contributed by atoms with van der Waals surface area (Å²) >= 11 is 6.04. The minimum atomic E-state index is 0.375. The molecule has 4 nitrogen and oxygen atoms in total. The lowest BCUT2D eigenvalue weighted by molar-refractivity contribution is 0.412. The summed E-state index contributed by atoms with van der Waals surface area (Å²) in [6, 6.07) is 3.84. The second-order valence-electron chi connectivity index (χ2n) is 4.59. The normalized spacial score (nSPS) is 11.0. The quantitative estimate of drug-likeness (QED) is 0.823. The van der Waals surface area contributed by atoms with E-state index in [2.05, 4.69) is 35.8 Å². The predicted octanol–water partition coefficient (Wildman–Crippen LogP) is 1.97. The van der Waals surface area contributed by atoms with Crippen LogP contribution in [0.25, 0.3) is 0 Å². The topological polar surface area (TPSA) is 45.4 Å². The van der Waals surface area contributed by atoms with Crippen LogP contribution in [0, 0.1) is 0 Å². The Balaban J connectivity index is 2.83. The van der Waals surface area contributed by atoms with Crippen LogP contribution in [0.5, 0.6) is 0 Å². The molecule has 0 saturated heterocycles. The number of aromatic nitrogens is 1. The van der Waals surface area contributed by atoms with Crippen molar-refractivity contribution in [1.29, 1.82) is 0 Å². The highest BCUT2D eigenvalue weighted by atomic mass is 35.5. The van der Waals surface area contributed by atoms with Crippen molar-refractivity contribution in [1.82, 2.24) is 9.88 Å². The van der Waals surface area contributed by atoms with Gasteiger partial charge < -0.3 is 15.5 Å². The van der Waals surface area contributed by atoms with Crippen molar-refractivity contribution in [2.75, 3.05) is 38.6 Å². The van der Waals surface area contributed by atoms with Crippen LogP contribution >= 0.6 is 11.6 Å². The first-order valence-corrected chi connectivity index (χ1v) is 6.71. The van der Waals surface area contributed by atoms with Crippen molar-refractivity contribution in [2.45, 2.75) is 19.9 Å². The van der Waals surface area contributed by atoms with E-state index in [0.29, 0.717) is 11.6 Å². The zero-order valence-corrected chi connectivity index (χ0v) is 12.2. The van der Waals surface area contributed by atoms with Gasteiger partial charge in [0.1, 0.15) is 5.82 Å². The van der Waals surface area contributed by atoms with Crippen LogP contribution in [-0.2, 0) is 6.54 Å². The Bertz CT molecular complexity index is 368. The molecule has 0 atom stereocenters. The molecular weight excluding hydrogens is 248 g/mol. The zero-order valence-electron chi connectivity index (χ0n) is 11.5. The molecule has 18 heavy (non-hydrogen) atoms. The number of hydrogen-bond donors (Lipinski definition) is 1. The van der Waals surface area contributed by atoms with Crippen LogP contribution in [0.15, 0.2) is 12.1 Å². The molecule has 102 valence electrons. The van der Waals surface area contributed by atoms with Gasteiger partial charge in [-0.15, -0.1) is 0 Å². The third-order valence-electron chi connectivity index (χ3n) is 2.73. The van der Waals surface area contributed by atoms with Gasteiger partial charge in [0.2, 0.25) is 0 Å². The fourth-order valence-corrected chi connectivity index (χ4v) is 1.91. The molecule has 1 aromatic rings. The molecule has 0 aromatic carbocycles. The Hall–Kier alpha value is -0.840. The lowest BCUT2D eigenvalue weighted by Crippen LogP contribution is -2.33. The summed E-state index contributed by atoms with van der Waals surface area (Å²) in [4.78, 5) is 8.98. The van der Waals surface area contributed by atoms with E-state index in [1.165, 1.54) is 0 Å². The van der Waals surface area contributed by atoms with Crippen LogP contribution in [-0.4, -0.2) is 43.6 Å². The van der Waals surface area contributed by atoms with E-state index in [4.69, 9.17) is 17.3 Å². The highest BCUT2D eigenvalue weighted by molar-refractivity contribution is 6.31. The van der Waals surface area contributed by atoms with Gasteiger partial charge in [0.05, 0.1) is 10.7 Å². The van der Waals surface area contributed by atoms with E-state index in [9.17, 15) is 0 Å². The molecule has 2 N–H and O–H groups in total. The first-order valence-electron chi connectivity index (χ1n) is 6.33. The molecular formula is C13H23ClN4. The van der Waals surface area contributed by atoms with Crippen LogP contribution in [0.2, 0.25) is 5.02 Å². The lowest BCUT2D eigenvalue weighted by Gasteiger charge is -2.25. The van der Waals surface area contributed by atoms with Crippen LogP contribution in [0.3, 0.4) is 0 Å². The van der Waals surface area contributed by atoms with Gasteiger partial charge in [0.25, 0.3) is 0 Å². The molecule has 0 bridgehead atoms. The summed E-state index contributed by atoms with van der Waals surface area (Å²) in [7, 11) is 4.15. The molecule has 0 aliphatic heterocycles. The number of nitrogens with zero attached hydrogens (tertiary/aromatic N) is 3. The van der Waals surface area contributed by atoms with E-state index in [1.807, 2.05) is 12.1 Å². The summed E-state index contributed by atoms with van der Waals surface area (Å²) in [6.45, 7) is 5.50. The lowest BCUT2D eigenvalue weighted by atomic mass is 10.3. The van der Waals surface area contributed by atoms with Gasteiger partial charge in [-0.1, -0.05) is 18.5 Å². The van der Waals surface area contributed by atoms with Crippen molar-refractivity contribution < 1.29 is 0 Å². The van der Waals surface area contributed by atoms with Gasteiger partial charge in [0, 0.05) is 26.2 Å². The zero-order chi connectivity index (χ0) is 13.5. The molecule has 5 heteroatoms. The van der Waals surface area contributed by atoms with E-state index in [1.54, 1.807) is 0 Å². The molecule has 0 saturated carbocycles. The Kier molecular flexibility index (Phi) is 6.39. The Morgan fingerprint density at radius 1 is 1.22 bits per heavy atom. The van der Waals surface area contributed by atoms with Crippen LogP contribution in [0.1, 0.15) is 19.0 Å². The molecule has 1 heterocycles. The molecule has 0 amide bonds. The smallest absolute Gasteiger partial charge is 0.129 e. The minimum Gasteiger partial charge on any atom is -0.355 e. The molecule has 0 aliphatic rings. The van der Waals surface area contributed by atoms with Crippen molar-refractivity contribution >= 4 is 17.4 Å². The number of rotatable bonds is 7. The molecule has 0 unspecified atom stereocenters. The van der Waals surface area contributed by atoms with Crippen LogP contribution < -0.4 is 10.6 Å². The highest BCUT2D eigenvalue weighted by Gasteiger charge is 2.09. The molecule has 0 fully saturated rings. The Morgan fingerprint density at radius 2 is 1.94 bits per heavy atom. The number of nitrogens with two attached hydrogens (primary N) is 1. The largest absolute Gasteiger partial charge is 0.355 e. The fourth-order valence-electron chi connectivity index (χ4n) is 1.72. The third kappa shape index (κ3) is 4.44. The molecule has 1 aromatic heterocycles. The number of likely N-dealkylation sites (N-methyl/N-ethyl adjacent to an activating group) is 1. The van der Waals surface area contributed by atoms with E-state index < -0.39 is 0 Å². The number of pyridine rings is 1. The second-order valence-corrected chi connectivity index (χ2v) is 5.00. The van der Waals surface area contributed by atoms with Gasteiger partial charge in [-0.05, 0) is 32.6 Å².